The van der Waals surface area contributed by atoms with Crippen LogP contribution in [-0.4, -0.2) is 42.3 Å². The standard InChI is InChI=1S/C16H16N2O6S/c19-15(17-11-5-2-1-3-6-11)12-7-4-10-18(12)25(22,23)14-9-8-13(24-14)16(20)21/h1-3,5-6,8-9,12H,4,7,10H2,(H,17,19)(H,20,21). The first-order chi connectivity index (χ1) is 11.9. The number of benzene rings is 1. The van der Waals surface area contributed by atoms with Gasteiger partial charge >= 0.3 is 5.97 Å². The second-order valence-corrected chi connectivity index (χ2v) is 7.37. The van der Waals surface area contributed by atoms with Crippen LogP contribution in [0.4, 0.5) is 5.69 Å². The fraction of sp³-hybridized carbons (Fsp3) is 0.250. The van der Waals surface area contributed by atoms with Gasteiger partial charge in [-0.15, -0.1) is 0 Å². The number of carboxylic acids is 1. The van der Waals surface area contributed by atoms with E-state index in [1.54, 1.807) is 30.3 Å². The summed E-state index contributed by atoms with van der Waals surface area (Å²) in [6.45, 7) is 0.165. The van der Waals surface area contributed by atoms with Gasteiger partial charge in [0.1, 0.15) is 6.04 Å². The highest BCUT2D eigenvalue weighted by Crippen LogP contribution is 2.28. The summed E-state index contributed by atoms with van der Waals surface area (Å²) in [6.07, 6.45) is 0.906. The third-order valence-corrected chi connectivity index (χ3v) is 5.69. The van der Waals surface area contributed by atoms with E-state index in [1.165, 1.54) is 0 Å². The van der Waals surface area contributed by atoms with Crippen molar-refractivity contribution in [3.63, 3.8) is 0 Å². The van der Waals surface area contributed by atoms with Crippen molar-refractivity contribution in [3.8, 4) is 0 Å². The lowest BCUT2D eigenvalue weighted by Gasteiger charge is -2.22. The molecule has 1 aliphatic heterocycles. The molecule has 1 fully saturated rings. The number of carbonyl (C=O) groups excluding carboxylic acids is 1. The van der Waals surface area contributed by atoms with E-state index < -0.39 is 38.8 Å². The van der Waals surface area contributed by atoms with Crippen molar-refractivity contribution >= 4 is 27.6 Å². The zero-order valence-corrected chi connectivity index (χ0v) is 13.9. The largest absolute Gasteiger partial charge is 0.475 e. The zero-order valence-electron chi connectivity index (χ0n) is 13.1. The van der Waals surface area contributed by atoms with Crippen molar-refractivity contribution < 1.29 is 27.5 Å². The molecule has 25 heavy (non-hydrogen) atoms. The molecule has 132 valence electrons. The Kier molecular flexibility index (Phi) is 4.60. The second kappa shape index (κ2) is 6.69. The molecule has 1 unspecified atom stereocenters. The van der Waals surface area contributed by atoms with Crippen LogP contribution < -0.4 is 5.32 Å². The van der Waals surface area contributed by atoms with Crippen LogP contribution in [0.25, 0.3) is 0 Å². The first kappa shape index (κ1) is 17.2. The van der Waals surface area contributed by atoms with Gasteiger partial charge in [0.15, 0.2) is 0 Å². The van der Waals surface area contributed by atoms with E-state index in [1.807, 2.05) is 0 Å². The molecule has 3 rings (SSSR count). The van der Waals surface area contributed by atoms with Gasteiger partial charge in [-0.2, -0.15) is 4.31 Å². The molecule has 2 heterocycles. The molecule has 8 nitrogen and oxygen atoms in total. The third-order valence-electron chi connectivity index (χ3n) is 3.90. The van der Waals surface area contributed by atoms with Crippen molar-refractivity contribution in [1.82, 2.24) is 4.31 Å². The molecule has 1 aromatic heterocycles. The Balaban J connectivity index is 1.82. The minimum atomic E-state index is -4.10. The molecule has 1 aromatic carbocycles. The highest BCUT2D eigenvalue weighted by molar-refractivity contribution is 7.89. The van der Waals surface area contributed by atoms with E-state index in [0.717, 1.165) is 16.4 Å². The van der Waals surface area contributed by atoms with Gasteiger partial charge in [0.2, 0.25) is 16.8 Å². The summed E-state index contributed by atoms with van der Waals surface area (Å²) in [7, 11) is -4.10. The van der Waals surface area contributed by atoms with Gasteiger partial charge in [-0.25, -0.2) is 13.2 Å². The summed E-state index contributed by atoms with van der Waals surface area (Å²) >= 11 is 0. The van der Waals surface area contributed by atoms with Gasteiger partial charge in [0.25, 0.3) is 10.0 Å². The summed E-state index contributed by atoms with van der Waals surface area (Å²) in [4.78, 5) is 23.3. The van der Waals surface area contributed by atoms with Crippen LogP contribution in [0.2, 0.25) is 0 Å². The number of furan rings is 1. The predicted octanol–water partition coefficient (Wildman–Crippen LogP) is 1.77. The van der Waals surface area contributed by atoms with Crippen molar-refractivity contribution in [2.24, 2.45) is 0 Å². The number of nitrogens with zero attached hydrogens (tertiary/aromatic N) is 1. The molecular formula is C16H16N2O6S. The number of anilines is 1. The van der Waals surface area contributed by atoms with Gasteiger partial charge in [-0.1, -0.05) is 18.2 Å². The Morgan fingerprint density at radius 3 is 2.52 bits per heavy atom. The minimum Gasteiger partial charge on any atom is -0.475 e. The first-order valence-corrected chi connectivity index (χ1v) is 9.04. The first-order valence-electron chi connectivity index (χ1n) is 7.60. The van der Waals surface area contributed by atoms with Crippen molar-refractivity contribution in [2.75, 3.05) is 11.9 Å². The number of amides is 1. The van der Waals surface area contributed by atoms with E-state index in [0.29, 0.717) is 18.5 Å². The molecule has 1 saturated heterocycles. The fourth-order valence-corrected chi connectivity index (χ4v) is 4.30. The lowest BCUT2D eigenvalue weighted by atomic mass is 10.2. The number of hydrogen-bond acceptors (Lipinski definition) is 5. The maximum absolute atomic E-state index is 12.7. The van der Waals surface area contributed by atoms with Gasteiger partial charge in [-0.3, -0.25) is 4.79 Å². The Morgan fingerprint density at radius 1 is 1.16 bits per heavy atom. The second-order valence-electron chi connectivity index (χ2n) is 5.55. The van der Waals surface area contributed by atoms with E-state index in [4.69, 9.17) is 9.52 Å². The Bertz CT molecular complexity index is 890. The maximum Gasteiger partial charge on any atom is 0.371 e. The average molecular weight is 364 g/mol. The number of rotatable bonds is 5. The van der Waals surface area contributed by atoms with Gasteiger partial charge < -0.3 is 14.8 Å². The summed E-state index contributed by atoms with van der Waals surface area (Å²) < 4.78 is 31.4. The number of carboxylic acid groups (broad SMARTS) is 1. The summed E-state index contributed by atoms with van der Waals surface area (Å²) in [5, 5.41) is 11.1. The predicted molar refractivity (Wildman–Crippen MR) is 87.7 cm³/mol. The maximum atomic E-state index is 12.7. The Morgan fingerprint density at radius 2 is 1.88 bits per heavy atom. The quantitative estimate of drug-likeness (QED) is 0.835. The highest BCUT2D eigenvalue weighted by Gasteiger charge is 2.41. The topological polar surface area (TPSA) is 117 Å². The minimum absolute atomic E-state index is 0.165. The van der Waals surface area contributed by atoms with Crippen LogP contribution >= 0.6 is 0 Å². The van der Waals surface area contributed by atoms with Crippen LogP contribution in [0, 0.1) is 0 Å². The lowest BCUT2D eigenvalue weighted by molar-refractivity contribution is -0.119. The number of aromatic carboxylic acids is 1. The molecule has 0 bridgehead atoms. The lowest BCUT2D eigenvalue weighted by Crippen LogP contribution is -2.43. The molecule has 2 N–H and O–H groups in total. The number of carbonyl (C=O) groups is 2. The van der Waals surface area contributed by atoms with Gasteiger partial charge in [0.05, 0.1) is 0 Å². The van der Waals surface area contributed by atoms with E-state index in [-0.39, 0.29) is 6.54 Å². The molecule has 1 atom stereocenters. The van der Waals surface area contributed by atoms with Crippen LogP contribution in [-0.2, 0) is 14.8 Å². The summed E-state index contributed by atoms with van der Waals surface area (Å²) in [6, 6.07) is 10.0. The van der Waals surface area contributed by atoms with Gasteiger partial charge in [-0.05, 0) is 37.1 Å². The number of nitrogens with one attached hydrogen (secondary N) is 1. The van der Waals surface area contributed by atoms with Crippen molar-refractivity contribution in [1.29, 1.82) is 0 Å². The van der Waals surface area contributed by atoms with Crippen LogP contribution in [0.1, 0.15) is 23.4 Å². The zero-order chi connectivity index (χ0) is 18.0. The van der Waals surface area contributed by atoms with Crippen LogP contribution in [0.3, 0.4) is 0 Å². The average Bonchev–Trinajstić information content (AvgIpc) is 3.26. The fourth-order valence-electron chi connectivity index (χ4n) is 2.73. The SMILES string of the molecule is O=C(O)c1ccc(S(=O)(=O)N2CCCC2C(=O)Nc2ccccc2)o1. The number of hydrogen-bond donors (Lipinski definition) is 2. The molecule has 0 saturated carbocycles. The molecule has 2 aromatic rings. The monoisotopic (exact) mass is 364 g/mol. The smallest absolute Gasteiger partial charge is 0.371 e. The normalized spacial score (nSPS) is 18.2. The van der Waals surface area contributed by atoms with E-state index in [9.17, 15) is 18.0 Å². The molecule has 0 spiro atoms. The Labute approximate surface area is 144 Å². The summed E-state index contributed by atoms with van der Waals surface area (Å²) in [5.41, 5.74) is 0.572. The number of para-hydroxylation sites is 1. The van der Waals surface area contributed by atoms with Crippen molar-refractivity contribution in [3.05, 3.63) is 48.2 Å². The molecule has 1 aliphatic rings. The highest BCUT2D eigenvalue weighted by atomic mass is 32.2. The van der Waals surface area contributed by atoms with Gasteiger partial charge in [0, 0.05) is 12.2 Å². The van der Waals surface area contributed by atoms with E-state index in [2.05, 4.69) is 5.32 Å². The third kappa shape index (κ3) is 3.42. The van der Waals surface area contributed by atoms with E-state index >= 15 is 0 Å². The molecular weight excluding hydrogens is 348 g/mol. The molecule has 1 amide bonds. The summed E-state index contributed by atoms with van der Waals surface area (Å²) in [5.74, 6) is -2.26. The molecule has 9 heteroatoms. The molecule has 0 radical (unpaired) electrons. The van der Waals surface area contributed by atoms with Crippen LogP contribution in [0.5, 0.6) is 0 Å². The Hall–Kier alpha value is -2.65. The number of sulfonamides is 1. The van der Waals surface area contributed by atoms with Crippen molar-refractivity contribution in [2.45, 2.75) is 24.0 Å². The van der Waals surface area contributed by atoms with Crippen LogP contribution in [0.15, 0.2) is 52.0 Å². The molecule has 0 aliphatic carbocycles.